The third kappa shape index (κ3) is 5.07. The Balaban J connectivity index is 1.67. The van der Waals surface area contributed by atoms with Gasteiger partial charge >= 0.3 is 0 Å². The van der Waals surface area contributed by atoms with Gasteiger partial charge in [-0.1, -0.05) is 55.0 Å². The summed E-state index contributed by atoms with van der Waals surface area (Å²) >= 11 is 0. The van der Waals surface area contributed by atoms with Crippen LogP contribution >= 0.6 is 0 Å². The first kappa shape index (κ1) is 18.9. The van der Waals surface area contributed by atoms with E-state index in [0.29, 0.717) is 6.54 Å². The zero-order valence-corrected chi connectivity index (χ0v) is 15.9. The maximum absolute atomic E-state index is 11.2. The van der Waals surface area contributed by atoms with E-state index in [1.807, 2.05) is 6.07 Å². The van der Waals surface area contributed by atoms with Crippen molar-refractivity contribution in [2.45, 2.75) is 39.2 Å². The monoisotopic (exact) mass is 361 g/mol. The van der Waals surface area contributed by atoms with Gasteiger partial charge in [0.2, 0.25) is 5.91 Å². The van der Waals surface area contributed by atoms with Crippen molar-refractivity contribution in [1.29, 1.82) is 0 Å². The number of amides is 1. The van der Waals surface area contributed by atoms with Crippen LogP contribution < -0.4 is 5.32 Å². The van der Waals surface area contributed by atoms with Crippen molar-refractivity contribution in [1.82, 2.24) is 14.9 Å². The number of unbranched alkanes of at least 4 members (excludes halogenated alkanes) is 2. The molecule has 4 heteroatoms. The molecule has 0 radical (unpaired) electrons. The molecule has 3 aromatic rings. The van der Waals surface area contributed by atoms with Crippen LogP contribution in [0.4, 0.5) is 0 Å². The second-order valence-electron chi connectivity index (χ2n) is 6.90. The first-order valence-electron chi connectivity index (χ1n) is 9.57. The highest BCUT2D eigenvalue weighted by Gasteiger charge is 2.10. The second kappa shape index (κ2) is 9.17. The largest absolute Gasteiger partial charge is 0.353 e. The number of hydrogen-bond acceptors (Lipinski definition) is 2. The number of aryl methyl sites for hydroxylation is 2. The number of imidazole rings is 1. The topological polar surface area (TPSA) is 46.9 Å². The molecule has 0 aliphatic heterocycles. The van der Waals surface area contributed by atoms with E-state index in [4.69, 9.17) is 4.98 Å². The molecule has 140 valence electrons. The number of fused-ring (bicyclic) bond motifs is 1. The van der Waals surface area contributed by atoms with Gasteiger partial charge in [0.15, 0.2) is 0 Å². The number of nitrogens with one attached hydrogen (secondary N) is 1. The average molecular weight is 361 g/mol. The predicted molar refractivity (Wildman–Crippen MR) is 111 cm³/mol. The summed E-state index contributed by atoms with van der Waals surface area (Å²) < 4.78 is 2.34. The quantitative estimate of drug-likeness (QED) is 0.453. The summed E-state index contributed by atoms with van der Waals surface area (Å²) in [5.41, 5.74) is 4.82. The number of hydrogen-bond donors (Lipinski definition) is 1. The third-order valence-electron chi connectivity index (χ3n) is 4.72. The van der Waals surface area contributed by atoms with Crippen molar-refractivity contribution in [3.8, 4) is 0 Å². The SMILES string of the molecule is C=CC(=O)NCCCCCc1nc2ccccc2n1Cc1cccc(C)c1. The molecule has 0 unspecified atom stereocenters. The van der Waals surface area contributed by atoms with E-state index in [2.05, 4.69) is 65.9 Å². The van der Waals surface area contributed by atoms with Crippen molar-refractivity contribution in [3.05, 3.63) is 78.1 Å². The standard InChI is InChI=1S/C23H27N3O/c1-3-23(27)24-15-8-4-5-14-22-25-20-12-6-7-13-21(20)26(22)17-19-11-9-10-18(2)16-19/h3,6-7,9-13,16H,1,4-5,8,14-15,17H2,2H3,(H,24,27). The molecule has 1 aromatic heterocycles. The van der Waals surface area contributed by atoms with E-state index in [-0.39, 0.29) is 5.91 Å². The number of para-hydroxylation sites is 2. The van der Waals surface area contributed by atoms with Crippen molar-refractivity contribution < 1.29 is 4.79 Å². The number of carbonyl (C=O) groups excluding carboxylic acids is 1. The maximum atomic E-state index is 11.2. The maximum Gasteiger partial charge on any atom is 0.243 e. The minimum absolute atomic E-state index is 0.102. The smallest absolute Gasteiger partial charge is 0.243 e. The van der Waals surface area contributed by atoms with Crippen molar-refractivity contribution in [2.75, 3.05) is 6.54 Å². The van der Waals surface area contributed by atoms with Gasteiger partial charge in [0, 0.05) is 19.5 Å². The van der Waals surface area contributed by atoms with Gasteiger partial charge in [-0.15, -0.1) is 0 Å². The molecule has 0 saturated carbocycles. The van der Waals surface area contributed by atoms with Crippen LogP contribution in [0.25, 0.3) is 11.0 Å². The molecular weight excluding hydrogens is 334 g/mol. The predicted octanol–water partition coefficient (Wildman–Crippen LogP) is 4.41. The lowest BCUT2D eigenvalue weighted by Gasteiger charge is -2.10. The molecule has 1 N–H and O–H groups in total. The zero-order valence-electron chi connectivity index (χ0n) is 15.9. The Morgan fingerprint density at radius 2 is 2.00 bits per heavy atom. The number of carbonyl (C=O) groups is 1. The lowest BCUT2D eigenvalue weighted by molar-refractivity contribution is -0.116. The van der Waals surface area contributed by atoms with E-state index in [1.54, 1.807) is 0 Å². The normalized spacial score (nSPS) is 10.9. The molecule has 4 nitrogen and oxygen atoms in total. The van der Waals surface area contributed by atoms with E-state index in [9.17, 15) is 4.79 Å². The summed E-state index contributed by atoms with van der Waals surface area (Å²) in [5.74, 6) is 1.03. The van der Waals surface area contributed by atoms with E-state index >= 15 is 0 Å². The molecule has 1 amide bonds. The van der Waals surface area contributed by atoms with Gasteiger partial charge in [-0.25, -0.2) is 4.98 Å². The van der Waals surface area contributed by atoms with Gasteiger partial charge in [0.1, 0.15) is 5.82 Å². The van der Waals surface area contributed by atoms with Crippen LogP contribution in [0.5, 0.6) is 0 Å². The van der Waals surface area contributed by atoms with E-state index in [1.165, 1.54) is 22.7 Å². The number of nitrogens with zero attached hydrogens (tertiary/aromatic N) is 2. The third-order valence-corrected chi connectivity index (χ3v) is 4.72. The Kier molecular flexibility index (Phi) is 6.42. The lowest BCUT2D eigenvalue weighted by atomic mass is 10.1. The summed E-state index contributed by atoms with van der Waals surface area (Å²) in [4.78, 5) is 16.0. The van der Waals surface area contributed by atoms with Gasteiger partial charge in [0.05, 0.1) is 11.0 Å². The summed E-state index contributed by atoms with van der Waals surface area (Å²) in [6.07, 6.45) is 5.34. The minimum atomic E-state index is -0.102. The number of benzene rings is 2. The molecule has 1 heterocycles. The van der Waals surface area contributed by atoms with Crippen molar-refractivity contribution >= 4 is 16.9 Å². The molecule has 0 aliphatic rings. The van der Waals surface area contributed by atoms with Crippen LogP contribution in [0.1, 0.15) is 36.2 Å². The molecule has 0 atom stereocenters. The fraction of sp³-hybridized carbons (Fsp3) is 0.304. The fourth-order valence-corrected chi connectivity index (χ4v) is 3.35. The zero-order chi connectivity index (χ0) is 19.1. The Morgan fingerprint density at radius 1 is 1.15 bits per heavy atom. The van der Waals surface area contributed by atoms with Gasteiger partial charge in [-0.3, -0.25) is 4.79 Å². The van der Waals surface area contributed by atoms with E-state index < -0.39 is 0 Å². The molecule has 3 rings (SSSR count). The summed E-state index contributed by atoms with van der Waals surface area (Å²) in [7, 11) is 0. The van der Waals surface area contributed by atoms with Crippen LogP contribution in [0.3, 0.4) is 0 Å². The Hall–Kier alpha value is -2.88. The fourth-order valence-electron chi connectivity index (χ4n) is 3.35. The highest BCUT2D eigenvalue weighted by Crippen LogP contribution is 2.20. The van der Waals surface area contributed by atoms with Crippen molar-refractivity contribution in [3.63, 3.8) is 0 Å². The van der Waals surface area contributed by atoms with Crippen LogP contribution in [0.2, 0.25) is 0 Å². The van der Waals surface area contributed by atoms with Gasteiger partial charge in [0.25, 0.3) is 0 Å². The van der Waals surface area contributed by atoms with Crippen LogP contribution in [-0.2, 0) is 17.8 Å². The number of aromatic nitrogens is 2. The van der Waals surface area contributed by atoms with Crippen LogP contribution in [0.15, 0.2) is 61.2 Å². The molecule has 0 aliphatic carbocycles. The highest BCUT2D eigenvalue weighted by atomic mass is 16.1. The Morgan fingerprint density at radius 3 is 2.81 bits per heavy atom. The Bertz CT molecular complexity index is 926. The van der Waals surface area contributed by atoms with Gasteiger partial charge in [-0.2, -0.15) is 0 Å². The van der Waals surface area contributed by atoms with Gasteiger partial charge in [-0.05, 0) is 43.5 Å². The van der Waals surface area contributed by atoms with E-state index in [0.717, 1.165) is 43.6 Å². The molecule has 27 heavy (non-hydrogen) atoms. The number of rotatable bonds is 9. The highest BCUT2D eigenvalue weighted by molar-refractivity contribution is 5.86. The summed E-state index contributed by atoms with van der Waals surface area (Å²) in [6, 6.07) is 17.0. The first-order valence-corrected chi connectivity index (χ1v) is 9.57. The minimum Gasteiger partial charge on any atom is -0.353 e. The average Bonchev–Trinajstić information content (AvgIpc) is 3.02. The lowest BCUT2D eigenvalue weighted by Crippen LogP contribution is -2.21. The van der Waals surface area contributed by atoms with Crippen LogP contribution in [0, 0.1) is 6.92 Å². The molecule has 0 bridgehead atoms. The molecular formula is C23H27N3O. The molecule has 2 aromatic carbocycles. The molecule has 0 fully saturated rings. The summed E-state index contributed by atoms with van der Waals surface area (Å²) in [6.45, 7) is 7.13. The molecule has 0 saturated heterocycles. The van der Waals surface area contributed by atoms with Gasteiger partial charge < -0.3 is 9.88 Å². The first-order chi connectivity index (χ1) is 13.2. The second-order valence-corrected chi connectivity index (χ2v) is 6.90. The molecule has 0 spiro atoms. The summed E-state index contributed by atoms with van der Waals surface area (Å²) in [5, 5.41) is 2.82. The van der Waals surface area contributed by atoms with Crippen LogP contribution in [-0.4, -0.2) is 22.0 Å². The van der Waals surface area contributed by atoms with Crippen molar-refractivity contribution in [2.24, 2.45) is 0 Å². The Labute approximate surface area is 160 Å².